The third-order valence-corrected chi connectivity index (χ3v) is 1.80. The molecule has 6 nitrogen and oxygen atoms in total. The van der Waals surface area contributed by atoms with Gasteiger partial charge in [-0.1, -0.05) is 17.2 Å². The fourth-order valence-electron chi connectivity index (χ4n) is 1.07. The van der Waals surface area contributed by atoms with Gasteiger partial charge in [-0.25, -0.2) is 0 Å². The molecule has 0 aliphatic heterocycles. The van der Waals surface area contributed by atoms with E-state index in [9.17, 15) is 4.79 Å². The first-order valence-corrected chi connectivity index (χ1v) is 4.10. The second-order valence-corrected chi connectivity index (χ2v) is 2.72. The molecule has 0 aromatic heterocycles. The van der Waals surface area contributed by atoms with Gasteiger partial charge in [-0.05, 0) is 23.2 Å². The molecule has 78 valence electrons. The average Bonchev–Trinajstić information content (AvgIpc) is 2.26. The van der Waals surface area contributed by atoms with Gasteiger partial charge < -0.3 is 9.84 Å². The third-order valence-electron chi connectivity index (χ3n) is 1.80. The van der Waals surface area contributed by atoms with Crippen LogP contribution >= 0.6 is 0 Å². The van der Waals surface area contributed by atoms with E-state index in [1.807, 2.05) is 0 Å². The van der Waals surface area contributed by atoms with Gasteiger partial charge in [-0.2, -0.15) is 0 Å². The molecule has 1 atom stereocenters. The van der Waals surface area contributed by atoms with Crippen molar-refractivity contribution in [2.75, 3.05) is 7.11 Å². The Labute approximate surface area is 85.7 Å². The topological polar surface area (TPSA) is 95.3 Å². The molecule has 1 aromatic rings. The Morgan fingerprint density at radius 2 is 2.13 bits per heavy atom. The standard InChI is InChI=1S/C9H9N3O3/c1-15-9(14)8(11-12-10)6-2-4-7(13)5-3-6/h2-5,8,13H,1H3/t8-/m1/s1. The summed E-state index contributed by atoms with van der Waals surface area (Å²) in [5, 5.41) is 12.4. The molecule has 1 aromatic carbocycles. The first-order valence-electron chi connectivity index (χ1n) is 4.10. The number of phenolic OH excluding ortho intramolecular Hbond substituents is 1. The lowest BCUT2D eigenvalue weighted by Gasteiger charge is -2.08. The van der Waals surface area contributed by atoms with E-state index < -0.39 is 12.0 Å². The number of azide groups is 1. The van der Waals surface area contributed by atoms with Crippen molar-refractivity contribution in [1.82, 2.24) is 0 Å². The number of esters is 1. The number of hydrogen-bond acceptors (Lipinski definition) is 4. The van der Waals surface area contributed by atoms with Crippen LogP contribution in [-0.2, 0) is 9.53 Å². The van der Waals surface area contributed by atoms with Crippen LogP contribution in [-0.4, -0.2) is 18.2 Å². The Morgan fingerprint density at radius 3 is 2.60 bits per heavy atom. The molecule has 0 fully saturated rings. The van der Waals surface area contributed by atoms with Crippen molar-refractivity contribution in [3.63, 3.8) is 0 Å². The maximum absolute atomic E-state index is 11.2. The summed E-state index contributed by atoms with van der Waals surface area (Å²) in [4.78, 5) is 13.8. The van der Waals surface area contributed by atoms with Gasteiger partial charge in [0.25, 0.3) is 0 Å². The number of aromatic hydroxyl groups is 1. The van der Waals surface area contributed by atoms with E-state index in [1.54, 1.807) is 0 Å². The number of benzene rings is 1. The quantitative estimate of drug-likeness (QED) is 0.355. The Bertz CT molecular complexity index is 396. The number of ether oxygens (including phenoxy) is 1. The summed E-state index contributed by atoms with van der Waals surface area (Å²) in [5.74, 6) is -0.568. The highest BCUT2D eigenvalue weighted by Crippen LogP contribution is 2.21. The number of methoxy groups -OCH3 is 1. The van der Waals surface area contributed by atoms with Crippen molar-refractivity contribution in [3.05, 3.63) is 40.3 Å². The van der Waals surface area contributed by atoms with E-state index in [0.717, 1.165) is 0 Å². The van der Waals surface area contributed by atoms with Crippen LogP contribution in [0, 0.1) is 0 Å². The van der Waals surface area contributed by atoms with Crippen molar-refractivity contribution < 1.29 is 14.6 Å². The molecular formula is C9H9N3O3. The summed E-state index contributed by atoms with van der Waals surface area (Å²) in [6.07, 6.45) is 0. The van der Waals surface area contributed by atoms with Crippen molar-refractivity contribution in [1.29, 1.82) is 0 Å². The number of rotatable bonds is 3. The predicted molar refractivity (Wildman–Crippen MR) is 52.0 cm³/mol. The van der Waals surface area contributed by atoms with Crippen LogP contribution in [0.3, 0.4) is 0 Å². The molecule has 0 heterocycles. The van der Waals surface area contributed by atoms with Crippen LogP contribution < -0.4 is 0 Å². The molecule has 0 amide bonds. The molecule has 0 aliphatic rings. The van der Waals surface area contributed by atoms with Crippen LogP contribution in [0.15, 0.2) is 29.4 Å². The molecule has 0 radical (unpaired) electrons. The smallest absolute Gasteiger partial charge is 0.319 e. The number of phenols is 1. The number of carbonyl (C=O) groups excluding carboxylic acids is 1. The lowest BCUT2D eigenvalue weighted by atomic mass is 10.1. The SMILES string of the molecule is COC(=O)[C@H](N=[N+]=[N-])c1ccc(O)cc1. The largest absolute Gasteiger partial charge is 0.508 e. The average molecular weight is 207 g/mol. The summed E-state index contributed by atoms with van der Waals surface area (Å²) in [6, 6.07) is 4.77. The fraction of sp³-hybridized carbons (Fsp3) is 0.222. The monoisotopic (exact) mass is 207 g/mol. The maximum Gasteiger partial charge on any atom is 0.319 e. The van der Waals surface area contributed by atoms with Crippen molar-refractivity contribution in [2.45, 2.75) is 6.04 Å². The Kier molecular flexibility index (Phi) is 3.54. The number of hydrogen-bond donors (Lipinski definition) is 1. The van der Waals surface area contributed by atoms with Crippen molar-refractivity contribution in [2.24, 2.45) is 5.11 Å². The summed E-state index contributed by atoms with van der Waals surface area (Å²) in [7, 11) is 1.21. The van der Waals surface area contributed by atoms with Gasteiger partial charge in [0.15, 0.2) is 6.04 Å². The minimum atomic E-state index is -1.01. The van der Waals surface area contributed by atoms with Crippen LogP contribution in [0.5, 0.6) is 5.75 Å². The van der Waals surface area contributed by atoms with Gasteiger partial charge in [0.1, 0.15) is 5.75 Å². The van der Waals surface area contributed by atoms with Gasteiger partial charge >= 0.3 is 5.97 Å². The molecule has 1 N–H and O–H groups in total. The van der Waals surface area contributed by atoms with E-state index in [1.165, 1.54) is 31.4 Å². The molecule has 0 bridgehead atoms. The highest BCUT2D eigenvalue weighted by Gasteiger charge is 2.19. The minimum Gasteiger partial charge on any atom is -0.508 e. The van der Waals surface area contributed by atoms with Crippen LogP contribution in [0.2, 0.25) is 0 Å². The fourth-order valence-corrected chi connectivity index (χ4v) is 1.07. The van der Waals surface area contributed by atoms with Gasteiger partial charge in [-0.15, -0.1) is 0 Å². The minimum absolute atomic E-state index is 0.0725. The molecule has 0 saturated heterocycles. The first kappa shape index (κ1) is 10.9. The maximum atomic E-state index is 11.2. The second kappa shape index (κ2) is 4.88. The van der Waals surface area contributed by atoms with E-state index >= 15 is 0 Å². The number of carbonyl (C=O) groups is 1. The molecule has 15 heavy (non-hydrogen) atoms. The van der Waals surface area contributed by atoms with Gasteiger partial charge in [-0.3, -0.25) is 4.79 Å². The summed E-state index contributed by atoms with van der Waals surface area (Å²) in [5.41, 5.74) is 8.77. The van der Waals surface area contributed by atoms with Gasteiger partial charge in [0.2, 0.25) is 0 Å². The zero-order valence-corrected chi connectivity index (χ0v) is 7.99. The van der Waals surface area contributed by atoms with E-state index in [-0.39, 0.29) is 5.75 Å². The van der Waals surface area contributed by atoms with Crippen LogP contribution in [0.25, 0.3) is 10.4 Å². The van der Waals surface area contributed by atoms with Gasteiger partial charge in [0.05, 0.1) is 7.11 Å². The zero-order chi connectivity index (χ0) is 11.3. The normalized spacial score (nSPS) is 11.3. The van der Waals surface area contributed by atoms with Gasteiger partial charge in [0, 0.05) is 4.91 Å². The van der Waals surface area contributed by atoms with Crippen molar-refractivity contribution >= 4 is 5.97 Å². The molecule has 1 rings (SSSR count). The number of nitrogens with zero attached hydrogens (tertiary/aromatic N) is 3. The Morgan fingerprint density at radius 1 is 1.53 bits per heavy atom. The zero-order valence-electron chi connectivity index (χ0n) is 7.99. The highest BCUT2D eigenvalue weighted by atomic mass is 16.5. The Balaban J connectivity index is 3.04. The molecular weight excluding hydrogens is 198 g/mol. The van der Waals surface area contributed by atoms with Crippen LogP contribution in [0.1, 0.15) is 11.6 Å². The van der Waals surface area contributed by atoms with E-state index in [0.29, 0.717) is 5.56 Å². The lowest BCUT2D eigenvalue weighted by molar-refractivity contribution is -0.142. The molecule has 0 aliphatic carbocycles. The summed E-state index contributed by atoms with van der Waals surface area (Å²) < 4.78 is 4.48. The highest BCUT2D eigenvalue weighted by molar-refractivity contribution is 5.77. The van der Waals surface area contributed by atoms with E-state index in [2.05, 4.69) is 14.8 Å². The van der Waals surface area contributed by atoms with E-state index in [4.69, 9.17) is 10.6 Å². The second-order valence-electron chi connectivity index (χ2n) is 2.72. The van der Waals surface area contributed by atoms with Crippen molar-refractivity contribution in [3.8, 4) is 5.75 Å². The molecule has 0 spiro atoms. The lowest BCUT2D eigenvalue weighted by Crippen LogP contribution is -2.11. The first-order chi connectivity index (χ1) is 7.19. The predicted octanol–water partition coefficient (Wildman–Crippen LogP) is 1.92. The molecule has 0 unspecified atom stereocenters. The third kappa shape index (κ3) is 2.62. The summed E-state index contributed by atoms with van der Waals surface area (Å²) >= 11 is 0. The molecule has 0 saturated carbocycles. The van der Waals surface area contributed by atoms with Crippen LogP contribution in [0.4, 0.5) is 0 Å². The molecule has 6 heteroatoms. The summed E-state index contributed by atoms with van der Waals surface area (Å²) in [6.45, 7) is 0. The Hall–Kier alpha value is -2.20.